The van der Waals surface area contributed by atoms with Crippen LogP contribution in [0.25, 0.3) is 0 Å². The molecule has 67 heavy (non-hydrogen) atoms. The van der Waals surface area contributed by atoms with Crippen molar-refractivity contribution >= 4 is 44.0 Å². The van der Waals surface area contributed by atoms with Gasteiger partial charge in [-0.1, -0.05) is 68.1 Å². The smallest absolute Gasteiger partial charge is 0.870 e. The number of ether oxygens (including phenoxy) is 1. The summed E-state index contributed by atoms with van der Waals surface area (Å²) >= 11 is 0. The molecule has 1 N–H and O–H groups in total. The molecule has 1 fully saturated rings. The molecule has 0 unspecified atom stereocenters. The van der Waals surface area contributed by atoms with Crippen LogP contribution in [0.4, 0.5) is 16.2 Å². The summed E-state index contributed by atoms with van der Waals surface area (Å²) in [6.45, 7) is 15.2. The van der Waals surface area contributed by atoms with Crippen molar-refractivity contribution in [1.29, 1.82) is 10.5 Å². The van der Waals surface area contributed by atoms with E-state index in [1.165, 1.54) is 0 Å². The van der Waals surface area contributed by atoms with E-state index < -0.39 is 43.0 Å². The van der Waals surface area contributed by atoms with Gasteiger partial charge < -0.3 is 28.1 Å². The molecule has 0 saturated heterocycles. The molecule has 0 spiro atoms. The average Bonchev–Trinajstić information content (AvgIpc) is 3.58. The van der Waals surface area contributed by atoms with Crippen molar-refractivity contribution < 1.29 is 70.5 Å². The molecule has 2 aromatic rings. The normalized spacial score (nSPS) is 19.2. The van der Waals surface area contributed by atoms with E-state index >= 15 is 0 Å². The molecule has 0 aromatic heterocycles. The molecule has 2 aliphatic carbocycles. The fraction of sp³-hybridized carbons (Fsp3) is 0.529. The van der Waals surface area contributed by atoms with Crippen molar-refractivity contribution in [3.63, 3.8) is 0 Å². The number of amides is 1. The van der Waals surface area contributed by atoms with Crippen LogP contribution in [0.5, 0.6) is 0 Å². The zero-order valence-electron chi connectivity index (χ0n) is 40.5. The Hall–Kier alpha value is -4.06. The molecule has 16 heteroatoms. The predicted octanol–water partition coefficient (Wildman–Crippen LogP) is 7.22. The fourth-order valence-electron chi connectivity index (χ4n) is 9.99. The van der Waals surface area contributed by atoms with Crippen LogP contribution in [0.15, 0.2) is 83.2 Å². The van der Waals surface area contributed by atoms with E-state index in [1.54, 1.807) is 6.07 Å². The minimum Gasteiger partial charge on any atom is -0.870 e. The third kappa shape index (κ3) is 13.2. The number of unbranched alkanes of at least 4 members (excludes halogenated alkanes) is 2. The van der Waals surface area contributed by atoms with Crippen LogP contribution in [-0.4, -0.2) is 76.0 Å². The molecule has 4 aliphatic rings. The number of carbonyl (C=O) groups excluding carboxylic acids is 1. The first kappa shape index (κ1) is 55.5. The second-order valence-electron chi connectivity index (χ2n) is 19.8. The molecule has 2 aromatic carbocycles. The number of hydrogen-bond donors (Lipinski definition) is 0. The predicted molar refractivity (Wildman–Crippen MR) is 255 cm³/mol. The van der Waals surface area contributed by atoms with Crippen LogP contribution in [0.2, 0.25) is 0 Å². The van der Waals surface area contributed by atoms with E-state index in [4.69, 9.17) is 4.74 Å². The van der Waals surface area contributed by atoms with Gasteiger partial charge in [-0.15, -0.1) is 0 Å². The van der Waals surface area contributed by atoms with Gasteiger partial charge in [0.2, 0.25) is 5.69 Å². The molecule has 0 atom stereocenters. The van der Waals surface area contributed by atoms with Crippen molar-refractivity contribution in [2.24, 2.45) is 0 Å². The standard InChI is InChI=1S/C51H64N5O7S2.Na.H2O/c1-49(2,3)63-48(57)56(40-18-9-8-10-19-40)47-38(22-26-45-50(4,5)41-32-36(34-52)20-24-43(41)54(45)28-11-13-30-64(58)59)16-15-17-39(47)23-27-46-51(6,7)42-33-37(35-53)21-25-44(42)55(46)29-12-14-31-65(60,61)62;;/h20-27,32-33,40H,8-19,28-31H2,1-7H3;;1H2/q-1;+1;/p-1. The Bertz CT molecular complexity index is 2610. The van der Waals surface area contributed by atoms with Crippen LogP contribution in [0.1, 0.15) is 148 Å². The first-order valence-corrected chi connectivity index (χ1v) is 25.8. The first-order valence-electron chi connectivity index (χ1n) is 23.0. The Morgan fingerprint density at radius 2 is 1.57 bits per heavy atom. The van der Waals surface area contributed by atoms with Gasteiger partial charge in [0, 0.05) is 59.3 Å². The molecule has 0 radical (unpaired) electrons. The number of nitrogens with zero attached hydrogens (tertiary/aromatic N) is 5. The Morgan fingerprint density at radius 1 is 0.910 bits per heavy atom. The summed E-state index contributed by atoms with van der Waals surface area (Å²) in [7, 11) is -6.49. The maximum absolute atomic E-state index is 14.7. The van der Waals surface area contributed by atoms with Crippen LogP contribution in [0.3, 0.4) is 0 Å². The Kier molecular flexibility index (Phi) is 19.1. The van der Waals surface area contributed by atoms with Crippen LogP contribution >= 0.6 is 0 Å². The van der Waals surface area contributed by atoms with E-state index in [-0.39, 0.29) is 59.3 Å². The Balaban J connectivity index is 0.00000490. The van der Waals surface area contributed by atoms with E-state index in [0.717, 1.165) is 89.3 Å². The number of anilines is 1. The summed E-state index contributed by atoms with van der Waals surface area (Å²) in [6, 6.07) is 15.9. The number of rotatable bonds is 15. The zero-order valence-corrected chi connectivity index (χ0v) is 44.2. The van der Waals surface area contributed by atoms with Gasteiger partial charge in [0.1, 0.15) is 12.1 Å². The van der Waals surface area contributed by atoms with E-state index in [1.807, 2.05) is 56.0 Å². The van der Waals surface area contributed by atoms with Crippen molar-refractivity contribution in [3.05, 3.63) is 105 Å². The SMILES string of the molecule is CC(C)(C)OC(=O)N(C1=C(/C=C/C2=[N+](CCCC[S-](=O)=O)c3ccc(C#N)cc3C2(C)C)CCC/C1=C\C=C1\N(CCCCS(=O)(=O)[O-])c2ccc(C#N)cc2C1(C)C)C1CCCCC1.[Na+].[OH-]. The van der Waals surface area contributed by atoms with E-state index in [9.17, 15) is 36.7 Å². The van der Waals surface area contributed by atoms with Crippen molar-refractivity contribution in [2.45, 2.75) is 148 Å². The average molecular weight is 963 g/mol. The molecule has 1 saturated carbocycles. The van der Waals surface area contributed by atoms with Gasteiger partial charge in [-0.25, -0.2) is 13.2 Å². The van der Waals surface area contributed by atoms with Gasteiger partial charge in [-0.3, -0.25) is 4.90 Å². The number of fused-ring (bicyclic) bond motifs is 2. The minimum absolute atomic E-state index is 0. The number of nitriles is 2. The first-order chi connectivity index (χ1) is 30.7. The third-order valence-corrected chi connectivity index (χ3v) is 14.6. The topological polar surface area (TPSA) is 205 Å². The summed E-state index contributed by atoms with van der Waals surface area (Å²) in [5.41, 5.74) is 8.02. The maximum Gasteiger partial charge on any atom is 1.00 e. The van der Waals surface area contributed by atoms with Crippen molar-refractivity contribution in [2.75, 3.05) is 29.5 Å². The van der Waals surface area contributed by atoms with Crippen LogP contribution in [0, 0.1) is 22.7 Å². The van der Waals surface area contributed by atoms with Crippen LogP contribution in [-0.2, 0) is 44.8 Å². The van der Waals surface area contributed by atoms with Crippen molar-refractivity contribution in [3.8, 4) is 12.1 Å². The van der Waals surface area contributed by atoms with E-state index in [0.29, 0.717) is 56.3 Å². The number of allylic oxidation sites excluding steroid dienone is 7. The molecule has 1 amide bonds. The second kappa shape index (κ2) is 23.0. The van der Waals surface area contributed by atoms with Gasteiger partial charge in [-0.2, -0.15) is 15.1 Å². The summed E-state index contributed by atoms with van der Waals surface area (Å²) in [5.74, 6) is -0.357. The van der Waals surface area contributed by atoms with Gasteiger partial charge in [0.15, 0.2) is 5.71 Å². The molecule has 356 valence electrons. The van der Waals surface area contributed by atoms with E-state index in [2.05, 4.69) is 73.6 Å². The number of hydrogen-bond acceptors (Lipinski definition) is 12. The Morgan fingerprint density at radius 3 is 2.19 bits per heavy atom. The zero-order chi connectivity index (χ0) is 47.3. The number of carbonyl (C=O) groups is 1. The molecule has 0 bridgehead atoms. The summed E-state index contributed by atoms with van der Waals surface area (Å²) in [4.78, 5) is 18.8. The summed E-state index contributed by atoms with van der Waals surface area (Å²) < 4.78 is 65.9. The monoisotopic (exact) mass is 962 g/mol. The van der Waals surface area contributed by atoms with Gasteiger partial charge in [-0.05, 0) is 133 Å². The number of benzene rings is 2. The fourth-order valence-corrected chi connectivity index (χ4v) is 11.0. The molecule has 2 aliphatic heterocycles. The maximum atomic E-state index is 14.7. The summed E-state index contributed by atoms with van der Waals surface area (Å²) in [5, 5.41) is 19.7. The molecular weight excluding hydrogens is 898 g/mol. The van der Waals surface area contributed by atoms with Crippen molar-refractivity contribution in [1.82, 2.24) is 4.90 Å². The molecule has 6 rings (SSSR count). The minimum atomic E-state index is -4.36. The Labute approximate surface area is 422 Å². The quantitative estimate of drug-likeness (QED) is 0.0573. The molecular formula is C51H65N5NaO8S2-. The van der Waals surface area contributed by atoms with Gasteiger partial charge in [0.05, 0.1) is 44.5 Å². The molecule has 13 nitrogen and oxygen atoms in total. The summed E-state index contributed by atoms with van der Waals surface area (Å²) in [6.07, 6.45) is 17.0. The van der Waals surface area contributed by atoms with Gasteiger partial charge in [0.25, 0.3) is 0 Å². The van der Waals surface area contributed by atoms with Crippen LogP contribution < -0.4 is 34.5 Å². The van der Waals surface area contributed by atoms with Gasteiger partial charge >= 0.3 is 35.7 Å². The molecule has 2 heterocycles. The largest absolute Gasteiger partial charge is 1.00 e. The third-order valence-electron chi connectivity index (χ3n) is 13.2. The second-order valence-corrected chi connectivity index (χ2v) is 22.3.